The number of pyridine rings is 1. The van der Waals surface area contributed by atoms with E-state index in [0.717, 1.165) is 12.8 Å². The lowest BCUT2D eigenvalue weighted by atomic mass is 10.1. The zero-order chi connectivity index (χ0) is 16.5. The van der Waals surface area contributed by atoms with Crippen molar-refractivity contribution >= 4 is 5.91 Å². The Hall–Kier alpha value is -1.79. The molecule has 0 aliphatic heterocycles. The van der Waals surface area contributed by atoms with Gasteiger partial charge in [-0.1, -0.05) is 0 Å². The Labute approximate surface area is 127 Å². The first kappa shape index (κ1) is 16.6. The lowest BCUT2D eigenvalue weighted by Crippen LogP contribution is -2.40. The number of carbonyl (C=O) groups is 1. The number of halogens is 3. The number of alkyl halides is 3. The van der Waals surface area contributed by atoms with Gasteiger partial charge >= 0.3 is 6.18 Å². The largest absolute Gasteiger partial charge is 0.484 e. The first-order valence-electron chi connectivity index (χ1n) is 7.07. The van der Waals surface area contributed by atoms with Gasteiger partial charge in [-0.15, -0.1) is 0 Å². The second-order valence-corrected chi connectivity index (χ2v) is 6.49. The summed E-state index contributed by atoms with van der Waals surface area (Å²) in [6.45, 7) is 4.05. The average molecular weight is 316 g/mol. The van der Waals surface area contributed by atoms with Crippen molar-refractivity contribution in [2.75, 3.05) is 6.61 Å². The zero-order valence-electron chi connectivity index (χ0n) is 12.8. The van der Waals surface area contributed by atoms with Gasteiger partial charge in [0, 0.05) is 23.4 Å². The van der Waals surface area contributed by atoms with Gasteiger partial charge in [0.25, 0.3) is 5.91 Å². The summed E-state index contributed by atoms with van der Waals surface area (Å²) in [4.78, 5) is 16.1. The summed E-state index contributed by atoms with van der Waals surface area (Å²) >= 11 is 0. The fourth-order valence-corrected chi connectivity index (χ4v) is 1.96. The molecule has 1 aromatic heterocycles. The Bertz CT molecular complexity index is 561. The first-order chi connectivity index (χ1) is 10.1. The highest BCUT2D eigenvalue weighted by molar-refractivity contribution is 5.93. The lowest BCUT2D eigenvalue weighted by Gasteiger charge is -2.20. The van der Waals surface area contributed by atoms with E-state index in [1.807, 2.05) is 20.8 Å². The van der Waals surface area contributed by atoms with Crippen molar-refractivity contribution in [2.45, 2.75) is 51.2 Å². The van der Waals surface area contributed by atoms with E-state index in [-0.39, 0.29) is 17.4 Å². The first-order valence-corrected chi connectivity index (χ1v) is 7.07. The minimum absolute atomic E-state index is 0.0523. The van der Waals surface area contributed by atoms with Gasteiger partial charge in [0.1, 0.15) is 11.4 Å². The molecule has 122 valence electrons. The number of aromatic nitrogens is 1. The molecule has 0 unspecified atom stereocenters. The van der Waals surface area contributed by atoms with Crippen LogP contribution in [0.25, 0.3) is 0 Å². The van der Waals surface area contributed by atoms with Crippen molar-refractivity contribution < 1.29 is 22.7 Å². The Balaban J connectivity index is 2.21. The summed E-state index contributed by atoms with van der Waals surface area (Å²) in [5, 5.41) is 2.72. The molecule has 0 bridgehead atoms. The quantitative estimate of drug-likeness (QED) is 0.926. The second-order valence-electron chi connectivity index (χ2n) is 6.49. The summed E-state index contributed by atoms with van der Waals surface area (Å²) < 4.78 is 41.9. The average Bonchev–Trinajstić information content (AvgIpc) is 3.17. The van der Waals surface area contributed by atoms with Gasteiger partial charge in [-0.05, 0) is 39.5 Å². The summed E-state index contributed by atoms with van der Waals surface area (Å²) in [5.41, 5.74) is 0.231. The number of hydrogen-bond acceptors (Lipinski definition) is 3. The van der Waals surface area contributed by atoms with Crippen LogP contribution < -0.4 is 10.1 Å². The summed E-state index contributed by atoms with van der Waals surface area (Å²) in [7, 11) is 0. The highest BCUT2D eigenvalue weighted by Gasteiger charge is 2.32. The molecule has 1 heterocycles. The molecule has 0 saturated heterocycles. The van der Waals surface area contributed by atoms with E-state index < -0.39 is 24.2 Å². The number of ether oxygens (including phenoxy) is 1. The van der Waals surface area contributed by atoms with Gasteiger partial charge in [0.15, 0.2) is 6.61 Å². The molecule has 0 atom stereocenters. The fourth-order valence-electron chi connectivity index (χ4n) is 1.96. The minimum Gasteiger partial charge on any atom is -0.484 e. The third-order valence-corrected chi connectivity index (χ3v) is 3.02. The summed E-state index contributed by atoms with van der Waals surface area (Å²) in [5.74, 6) is -0.170. The molecule has 1 N–H and O–H groups in total. The van der Waals surface area contributed by atoms with Crippen LogP contribution in [0, 0.1) is 0 Å². The lowest BCUT2D eigenvalue weighted by molar-refractivity contribution is -0.153. The smallest absolute Gasteiger partial charge is 0.422 e. The highest BCUT2D eigenvalue weighted by atomic mass is 19.4. The van der Waals surface area contributed by atoms with Crippen LogP contribution in [0.15, 0.2) is 12.3 Å². The third kappa shape index (κ3) is 4.89. The molecule has 0 spiro atoms. The number of rotatable bonds is 4. The molecule has 2 rings (SSSR count). The van der Waals surface area contributed by atoms with Crippen molar-refractivity contribution in [1.29, 1.82) is 0 Å². The van der Waals surface area contributed by atoms with E-state index >= 15 is 0 Å². The predicted molar refractivity (Wildman–Crippen MR) is 75.0 cm³/mol. The fraction of sp³-hybridized carbons (Fsp3) is 0.600. The number of hydrogen-bond donors (Lipinski definition) is 1. The van der Waals surface area contributed by atoms with Gasteiger partial charge in [-0.2, -0.15) is 13.2 Å². The molecule has 1 fully saturated rings. The summed E-state index contributed by atoms with van der Waals surface area (Å²) in [6.07, 6.45) is -1.17. The summed E-state index contributed by atoms with van der Waals surface area (Å²) in [6, 6.07) is 1.29. The van der Waals surface area contributed by atoms with E-state index in [2.05, 4.69) is 10.3 Å². The second kappa shape index (κ2) is 5.78. The van der Waals surface area contributed by atoms with Gasteiger partial charge in [0.2, 0.25) is 0 Å². The van der Waals surface area contributed by atoms with Crippen LogP contribution in [0.5, 0.6) is 5.75 Å². The molecule has 22 heavy (non-hydrogen) atoms. The van der Waals surface area contributed by atoms with E-state index in [4.69, 9.17) is 4.74 Å². The predicted octanol–water partition coefficient (Wildman–Crippen LogP) is 3.43. The van der Waals surface area contributed by atoms with Crippen molar-refractivity contribution in [3.05, 3.63) is 23.5 Å². The molecule has 1 saturated carbocycles. The van der Waals surface area contributed by atoms with Crippen molar-refractivity contribution in [1.82, 2.24) is 10.3 Å². The molecule has 1 amide bonds. The zero-order valence-corrected chi connectivity index (χ0v) is 12.8. The number of amides is 1. The Morgan fingerprint density at radius 1 is 1.36 bits per heavy atom. The molecule has 1 aromatic rings. The molecule has 1 aliphatic carbocycles. The maximum Gasteiger partial charge on any atom is 0.422 e. The number of carbonyl (C=O) groups excluding carboxylic acids is 1. The Morgan fingerprint density at radius 2 is 2.00 bits per heavy atom. The highest BCUT2D eigenvalue weighted by Crippen LogP contribution is 2.44. The SMILES string of the molecule is CC(C)(C)NC(=O)c1cc(OCC(F)(F)F)c(C2CC2)cn1. The van der Waals surface area contributed by atoms with Crippen LogP contribution in [0.3, 0.4) is 0 Å². The van der Waals surface area contributed by atoms with Crippen LogP contribution in [-0.4, -0.2) is 29.2 Å². The Kier molecular flexibility index (Phi) is 4.35. The van der Waals surface area contributed by atoms with E-state index in [1.165, 1.54) is 12.3 Å². The van der Waals surface area contributed by atoms with Gasteiger partial charge < -0.3 is 10.1 Å². The van der Waals surface area contributed by atoms with E-state index in [0.29, 0.717) is 5.56 Å². The van der Waals surface area contributed by atoms with Crippen LogP contribution in [0.2, 0.25) is 0 Å². The standard InChI is InChI=1S/C15H19F3N2O2/c1-14(2,3)20-13(21)11-6-12(22-8-15(16,17)18)10(7-19-11)9-4-5-9/h6-7,9H,4-5,8H2,1-3H3,(H,20,21). The number of nitrogens with one attached hydrogen (secondary N) is 1. The van der Waals surface area contributed by atoms with Crippen LogP contribution in [-0.2, 0) is 0 Å². The molecule has 4 nitrogen and oxygen atoms in total. The third-order valence-electron chi connectivity index (χ3n) is 3.02. The van der Waals surface area contributed by atoms with Crippen LogP contribution >= 0.6 is 0 Å². The monoisotopic (exact) mass is 316 g/mol. The molecular weight excluding hydrogens is 297 g/mol. The van der Waals surface area contributed by atoms with Crippen molar-refractivity contribution in [3.8, 4) is 5.75 Å². The van der Waals surface area contributed by atoms with E-state index in [9.17, 15) is 18.0 Å². The van der Waals surface area contributed by atoms with Gasteiger partial charge in [-0.3, -0.25) is 9.78 Å². The van der Waals surface area contributed by atoms with Crippen molar-refractivity contribution in [2.24, 2.45) is 0 Å². The maximum atomic E-state index is 12.4. The normalized spacial score (nSPS) is 15.5. The molecule has 7 heteroatoms. The molecule has 0 radical (unpaired) electrons. The molecule has 1 aliphatic rings. The Morgan fingerprint density at radius 3 is 2.50 bits per heavy atom. The molecule has 0 aromatic carbocycles. The van der Waals surface area contributed by atoms with Crippen LogP contribution in [0.1, 0.15) is 55.6 Å². The maximum absolute atomic E-state index is 12.4. The number of nitrogens with zero attached hydrogens (tertiary/aromatic N) is 1. The van der Waals surface area contributed by atoms with Gasteiger partial charge in [0.05, 0.1) is 0 Å². The van der Waals surface area contributed by atoms with Crippen molar-refractivity contribution in [3.63, 3.8) is 0 Å². The van der Waals surface area contributed by atoms with Crippen LogP contribution in [0.4, 0.5) is 13.2 Å². The van der Waals surface area contributed by atoms with E-state index in [1.54, 1.807) is 0 Å². The topological polar surface area (TPSA) is 51.2 Å². The minimum atomic E-state index is -4.42. The van der Waals surface area contributed by atoms with Gasteiger partial charge in [-0.25, -0.2) is 0 Å². The molecular formula is C15H19F3N2O2.